The highest BCUT2D eigenvalue weighted by Gasteiger charge is 2.43. The van der Waals surface area contributed by atoms with Gasteiger partial charge in [0, 0.05) is 5.48 Å². The van der Waals surface area contributed by atoms with E-state index in [-0.39, 0.29) is 23.5 Å². The van der Waals surface area contributed by atoms with E-state index in [1.54, 1.807) is 0 Å². The molecule has 2 aliphatic carbocycles. The predicted octanol–water partition coefficient (Wildman–Crippen LogP) is 2.99. The fourth-order valence-electron chi connectivity index (χ4n) is 1.90. The van der Waals surface area contributed by atoms with E-state index >= 15 is 0 Å². The topological polar surface area (TPSA) is 9.23 Å². The minimum atomic E-state index is -0.554. The van der Waals surface area contributed by atoms with E-state index < -0.39 is 25.6 Å². The molecule has 4 unspecified atom stereocenters. The highest BCUT2D eigenvalue weighted by Crippen LogP contribution is 2.47. The number of rotatable bonds is 1. The predicted molar refractivity (Wildman–Crippen MR) is 50.1 cm³/mol. The van der Waals surface area contributed by atoms with Crippen molar-refractivity contribution in [1.29, 1.82) is 0 Å². The van der Waals surface area contributed by atoms with Gasteiger partial charge in [0.15, 0.2) is 0 Å². The first-order valence-corrected chi connectivity index (χ1v) is 4.61. The molecular formula is C11H20O. The van der Waals surface area contributed by atoms with Gasteiger partial charge in [-0.15, -0.1) is 0 Å². The molecule has 2 aliphatic rings. The molecule has 2 rings (SSSR count). The zero-order chi connectivity index (χ0) is 12.2. The molecule has 0 saturated heterocycles. The molecule has 0 radical (unpaired) electrons. The summed E-state index contributed by atoms with van der Waals surface area (Å²) in [5, 5.41) is 0. The van der Waals surface area contributed by atoms with Crippen molar-refractivity contribution >= 4 is 0 Å². The Bertz CT molecular complexity index is 242. The molecule has 0 aromatic carbocycles. The van der Waals surface area contributed by atoms with Gasteiger partial charge in [0.25, 0.3) is 0 Å². The number of fused-ring (bicyclic) bond motifs is 2. The molecule has 4 atom stereocenters. The van der Waals surface area contributed by atoms with Crippen molar-refractivity contribution in [3.8, 4) is 0 Å². The molecule has 0 aromatic rings. The second-order valence-electron chi connectivity index (χ2n) is 4.62. The summed E-state index contributed by atoms with van der Waals surface area (Å²) >= 11 is 0. The smallest absolute Gasteiger partial charge is 0.0638 e. The summed E-state index contributed by atoms with van der Waals surface area (Å²) in [4.78, 5) is 0. The van der Waals surface area contributed by atoms with Gasteiger partial charge in [0.05, 0.1) is 11.7 Å². The summed E-state index contributed by atoms with van der Waals surface area (Å²) in [6.07, 6.45) is -2.46. The zero-order valence-corrected chi connectivity index (χ0v) is 7.95. The highest BCUT2D eigenvalue weighted by atomic mass is 16.5. The van der Waals surface area contributed by atoms with Gasteiger partial charge in [-0.05, 0) is 58.2 Å². The summed E-state index contributed by atoms with van der Waals surface area (Å²) in [6.45, 7) is 5.84. The maximum Gasteiger partial charge on any atom is 0.0638 e. The number of ether oxygens (including phenoxy) is 1. The maximum absolute atomic E-state index is 7.91. The van der Waals surface area contributed by atoms with Gasteiger partial charge >= 0.3 is 0 Å². The fourth-order valence-corrected chi connectivity index (χ4v) is 1.90. The third-order valence-corrected chi connectivity index (χ3v) is 2.36. The Balaban J connectivity index is 2.22. The van der Waals surface area contributed by atoms with Gasteiger partial charge in [-0.25, -0.2) is 0 Å². The molecule has 0 spiro atoms. The lowest BCUT2D eigenvalue weighted by Crippen LogP contribution is -2.30. The van der Waals surface area contributed by atoms with Crippen LogP contribution in [0.25, 0.3) is 0 Å². The van der Waals surface area contributed by atoms with Crippen molar-refractivity contribution in [3.05, 3.63) is 0 Å². The average Bonchev–Trinajstić information content (AvgIpc) is 2.46. The van der Waals surface area contributed by atoms with Crippen LogP contribution < -0.4 is 0 Å². The molecule has 1 nitrogen and oxygen atoms in total. The molecule has 12 heavy (non-hydrogen) atoms. The van der Waals surface area contributed by atoms with Crippen molar-refractivity contribution in [2.24, 2.45) is 11.8 Å². The van der Waals surface area contributed by atoms with Crippen molar-refractivity contribution in [3.63, 3.8) is 0 Å². The van der Waals surface area contributed by atoms with Gasteiger partial charge in [-0.2, -0.15) is 0 Å². The van der Waals surface area contributed by atoms with Crippen LogP contribution in [0, 0.1) is 11.8 Å². The van der Waals surface area contributed by atoms with Crippen LogP contribution in [-0.2, 0) is 4.74 Å². The first-order valence-electron chi connectivity index (χ1n) is 6.92. The Morgan fingerprint density at radius 2 is 1.50 bits per heavy atom. The Kier molecular flexibility index (Phi) is 1.14. The quantitative estimate of drug-likeness (QED) is 0.591. The van der Waals surface area contributed by atoms with Gasteiger partial charge in [-0.3, -0.25) is 0 Å². The second kappa shape index (κ2) is 2.73. The molecule has 0 aliphatic heterocycles. The number of hydrogen-bond donors (Lipinski definition) is 0. The largest absolute Gasteiger partial charge is 0.372 e. The Labute approximate surface area is 81.1 Å². The molecule has 0 amide bonds. The second-order valence-corrected chi connectivity index (χ2v) is 4.62. The van der Waals surface area contributed by atoms with E-state index in [1.807, 2.05) is 20.8 Å². The third kappa shape index (κ3) is 1.52. The van der Waals surface area contributed by atoms with Crippen molar-refractivity contribution in [2.75, 3.05) is 0 Å². The minimum absolute atomic E-state index is 0.241. The monoisotopic (exact) mass is 172 g/mol. The lowest BCUT2D eigenvalue weighted by molar-refractivity contribution is -0.0790. The first kappa shape index (κ1) is 4.99. The molecule has 2 bridgehead atoms. The Hall–Kier alpha value is -0.0400. The zero-order valence-electron chi connectivity index (χ0n) is 11.9. The van der Waals surface area contributed by atoms with Crippen LogP contribution in [0.1, 0.15) is 51.8 Å². The normalized spacial score (nSPS) is 70.1. The van der Waals surface area contributed by atoms with Crippen LogP contribution in [0.5, 0.6) is 0 Å². The summed E-state index contributed by atoms with van der Waals surface area (Å²) in [5.74, 6) is -0.511. The lowest BCUT2D eigenvalue weighted by Gasteiger charge is -2.27. The molecule has 0 N–H and O–H groups in total. The molecule has 0 heterocycles. The lowest BCUT2D eigenvalue weighted by atomic mass is 10.0. The Morgan fingerprint density at radius 3 is 1.83 bits per heavy atom. The van der Waals surface area contributed by atoms with Crippen molar-refractivity contribution in [1.82, 2.24) is 0 Å². The van der Waals surface area contributed by atoms with Crippen LogP contribution in [0.15, 0.2) is 0 Å². The highest BCUT2D eigenvalue weighted by molar-refractivity contribution is 4.93. The van der Waals surface area contributed by atoms with Crippen LogP contribution in [0.2, 0.25) is 0 Å². The summed E-state index contributed by atoms with van der Waals surface area (Å²) in [7, 11) is 0. The molecular weight excluding hydrogens is 148 g/mol. The summed E-state index contributed by atoms with van der Waals surface area (Å²) < 4.78 is 37.5. The maximum atomic E-state index is 7.91. The standard InChI is InChI=1S/C11H20O/c1-11(2,3)12-10-8-4-5-9(10)7-6-8/h8-10H,4-7H2,1-3H3/i4D,5D,6D,7D. The van der Waals surface area contributed by atoms with Crippen LogP contribution in [0.4, 0.5) is 0 Å². The van der Waals surface area contributed by atoms with Gasteiger partial charge in [0.2, 0.25) is 0 Å². The molecule has 1 heteroatoms. The van der Waals surface area contributed by atoms with E-state index in [2.05, 4.69) is 0 Å². The first-order chi connectivity index (χ1) is 7.24. The average molecular weight is 172 g/mol. The SMILES string of the molecule is [2H]C1C([2H])C2C([2H])C([2H])C1C2OC(C)(C)C. The van der Waals surface area contributed by atoms with Crippen LogP contribution >= 0.6 is 0 Å². The molecule has 70 valence electrons. The van der Waals surface area contributed by atoms with Gasteiger partial charge < -0.3 is 4.74 Å². The number of hydrogen-bond acceptors (Lipinski definition) is 1. The van der Waals surface area contributed by atoms with Gasteiger partial charge in [0.1, 0.15) is 0 Å². The fraction of sp³-hybridized carbons (Fsp3) is 1.00. The van der Waals surface area contributed by atoms with E-state index in [4.69, 9.17) is 10.2 Å². The van der Waals surface area contributed by atoms with Crippen molar-refractivity contribution < 1.29 is 10.2 Å². The summed E-state index contributed by atoms with van der Waals surface area (Å²) in [5.41, 5.74) is -0.325. The van der Waals surface area contributed by atoms with E-state index in [9.17, 15) is 0 Å². The molecule has 2 saturated carbocycles. The van der Waals surface area contributed by atoms with E-state index in [1.165, 1.54) is 0 Å². The molecule has 2 fully saturated rings. The summed E-state index contributed by atoms with van der Waals surface area (Å²) in [6, 6.07) is 0. The van der Waals surface area contributed by atoms with E-state index in [0.29, 0.717) is 0 Å². The van der Waals surface area contributed by atoms with E-state index in [0.717, 1.165) is 0 Å². The third-order valence-electron chi connectivity index (χ3n) is 2.36. The Morgan fingerprint density at radius 1 is 1.08 bits per heavy atom. The van der Waals surface area contributed by atoms with Gasteiger partial charge in [-0.1, -0.05) is 0 Å². The van der Waals surface area contributed by atoms with Crippen LogP contribution in [-0.4, -0.2) is 11.7 Å². The molecule has 0 aromatic heterocycles. The minimum Gasteiger partial charge on any atom is -0.372 e. The van der Waals surface area contributed by atoms with Crippen molar-refractivity contribution in [2.45, 2.75) is 58.1 Å². The van der Waals surface area contributed by atoms with Crippen LogP contribution in [0.3, 0.4) is 0 Å².